The molecule has 5 heteroatoms. The molecule has 0 radical (unpaired) electrons. The Labute approximate surface area is 110 Å². The molecule has 0 aliphatic heterocycles. The summed E-state index contributed by atoms with van der Waals surface area (Å²) in [5, 5.41) is 2.79. The van der Waals surface area contributed by atoms with Crippen LogP contribution >= 0.6 is 0 Å². The van der Waals surface area contributed by atoms with E-state index in [1.807, 2.05) is 19.0 Å². The van der Waals surface area contributed by atoms with Crippen LogP contribution in [0.1, 0.15) is 10.4 Å². The van der Waals surface area contributed by atoms with Crippen LogP contribution in [0.5, 0.6) is 0 Å². The quantitative estimate of drug-likeness (QED) is 0.860. The first-order valence-electron chi connectivity index (χ1n) is 4.84. The molecule has 0 saturated heterocycles. The second-order valence-electron chi connectivity index (χ2n) is 3.64. The Kier molecular flexibility index (Phi) is 6.99. The molecule has 1 aromatic carbocycles. The van der Waals surface area contributed by atoms with E-state index < -0.39 is 0 Å². The SMILES string of the molecule is CN(C)CCNC(=O)c1cccc([NH-])c1.[Pd]. The summed E-state index contributed by atoms with van der Waals surface area (Å²) < 4.78 is 0. The normalized spacial score (nSPS) is 9.69. The Morgan fingerprint density at radius 2 is 2.12 bits per heavy atom. The van der Waals surface area contributed by atoms with Gasteiger partial charge in [-0.3, -0.25) is 4.79 Å². The number of benzene rings is 1. The van der Waals surface area contributed by atoms with Crippen LogP contribution in [0.15, 0.2) is 24.3 Å². The monoisotopic (exact) mass is 312 g/mol. The van der Waals surface area contributed by atoms with Gasteiger partial charge in [0.05, 0.1) is 0 Å². The fourth-order valence-corrected chi connectivity index (χ4v) is 1.16. The van der Waals surface area contributed by atoms with E-state index in [4.69, 9.17) is 5.73 Å². The number of likely N-dealkylation sites (N-methyl/N-ethyl adjacent to an activating group) is 1. The second kappa shape index (κ2) is 7.40. The Hall–Kier alpha value is -0.888. The molecule has 0 aromatic heterocycles. The van der Waals surface area contributed by atoms with Crippen molar-refractivity contribution in [3.8, 4) is 0 Å². The molecule has 0 unspecified atom stereocenters. The largest absolute Gasteiger partial charge is 0.699 e. The molecule has 0 atom stereocenters. The first-order chi connectivity index (χ1) is 7.09. The van der Waals surface area contributed by atoms with Crippen LogP contribution < -0.4 is 5.32 Å². The van der Waals surface area contributed by atoms with Gasteiger partial charge in [0.1, 0.15) is 0 Å². The molecule has 0 aliphatic rings. The number of nitrogens with zero attached hydrogens (tertiary/aromatic N) is 1. The molecule has 16 heavy (non-hydrogen) atoms. The van der Waals surface area contributed by atoms with Crippen molar-refractivity contribution in [2.75, 3.05) is 27.2 Å². The third kappa shape index (κ3) is 5.27. The molecule has 0 fully saturated rings. The smallest absolute Gasteiger partial charge is 0.251 e. The zero-order valence-electron chi connectivity index (χ0n) is 9.40. The number of hydrogen-bond donors (Lipinski definition) is 1. The van der Waals surface area contributed by atoms with E-state index in [9.17, 15) is 4.79 Å². The van der Waals surface area contributed by atoms with Crippen LogP contribution in [0.4, 0.5) is 5.69 Å². The molecule has 0 saturated carbocycles. The van der Waals surface area contributed by atoms with Crippen LogP contribution in [0.25, 0.3) is 5.73 Å². The van der Waals surface area contributed by atoms with Crippen molar-refractivity contribution >= 4 is 11.6 Å². The summed E-state index contributed by atoms with van der Waals surface area (Å²) in [6, 6.07) is 6.63. The summed E-state index contributed by atoms with van der Waals surface area (Å²) in [6.45, 7) is 1.43. The van der Waals surface area contributed by atoms with Crippen molar-refractivity contribution in [3.63, 3.8) is 0 Å². The zero-order chi connectivity index (χ0) is 11.3. The summed E-state index contributed by atoms with van der Waals surface area (Å²) in [7, 11) is 3.91. The van der Waals surface area contributed by atoms with Crippen molar-refractivity contribution in [1.82, 2.24) is 10.2 Å². The van der Waals surface area contributed by atoms with E-state index in [2.05, 4.69) is 5.32 Å². The van der Waals surface area contributed by atoms with Crippen molar-refractivity contribution in [2.24, 2.45) is 0 Å². The van der Waals surface area contributed by atoms with Crippen molar-refractivity contribution in [3.05, 3.63) is 35.6 Å². The Bertz CT molecular complexity index is 342. The zero-order valence-corrected chi connectivity index (χ0v) is 10.9. The molecule has 4 nitrogen and oxygen atoms in total. The van der Waals surface area contributed by atoms with Crippen molar-refractivity contribution < 1.29 is 25.2 Å². The van der Waals surface area contributed by atoms with Crippen LogP contribution in [0.3, 0.4) is 0 Å². The number of carbonyl (C=O) groups is 1. The number of hydrogen-bond acceptors (Lipinski definition) is 2. The van der Waals surface area contributed by atoms with Gasteiger partial charge in [-0.1, -0.05) is 18.2 Å². The molecular weight excluding hydrogens is 297 g/mol. The topological polar surface area (TPSA) is 56.1 Å². The fraction of sp³-hybridized carbons (Fsp3) is 0.364. The first-order valence-corrected chi connectivity index (χ1v) is 4.84. The summed E-state index contributed by atoms with van der Waals surface area (Å²) >= 11 is 0. The molecule has 1 amide bonds. The van der Waals surface area contributed by atoms with E-state index in [-0.39, 0.29) is 26.3 Å². The predicted molar refractivity (Wildman–Crippen MR) is 61.3 cm³/mol. The standard InChI is InChI=1S/C11H16N3O.Pd/c1-14(2)7-6-13-11(15)9-4-3-5-10(12)8-9;/h3-5,8,12H,6-7H2,1-2H3,(H,13,15);/q-1;. The van der Waals surface area contributed by atoms with Crippen LogP contribution in [-0.2, 0) is 20.4 Å². The number of amides is 1. The molecule has 0 heterocycles. The average Bonchev–Trinajstić information content (AvgIpc) is 2.17. The number of nitrogens with one attached hydrogen (secondary N) is 2. The third-order valence-electron chi connectivity index (χ3n) is 1.97. The molecule has 0 spiro atoms. The van der Waals surface area contributed by atoms with Gasteiger partial charge in [-0.05, 0) is 20.2 Å². The van der Waals surface area contributed by atoms with E-state index in [1.54, 1.807) is 24.3 Å². The summed E-state index contributed by atoms with van der Waals surface area (Å²) in [6.07, 6.45) is 0. The van der Waals surface area contributed by atoms with E-state index in [1.165, 1.54) is 0 Å². The fourth-order valence-electron chi connectivity index (χ4n) is 1.16. The molecule has 1 aromatic rings. The number of rotatable bonds is 4. The van der Waals surface area contributed by atoms with Gasteiger partial charge in [0.15, 0.2) is 0 Å². The predicted octanol–water partition coefficient (Wildman–Crippen LogP) is 1.66. The van der Waals surface area contributed by atoms with Crippen LogP contribution in [-0.4, -0.2) is 38.0 Å². The van der Waals surface area contributed by atoms with Gasteiger partial charge in [0, 0.05) is 39.1 Å². The molecule has 1 rings (SSSR count). The summed E-state index contributed by atoms with van der Waals surface area (Å²) in [5.74, 6) is -0.119. The molecule has 0 bridgehead atoms. The van der Waals surface area contributed by atoms with Crippen molar-refractivity contribution in [1.29, 1.82) is 0 Å². The van der Waals surface area contributed by atoms with E-state index in [0.717, 1.165) is 6.54 Å². The molecule has 92 valence electrons. The van der Waals surface area contributed by atoms with Gasteiger partial charge in [0.2, 0.25) is 0 Å². The van der Waals surface area contributed by atoms with Gasteiger partial charge < -0.3 is 16.0 Å². The average molecular weight is 313 g/mol. The maximum atomic E-state index is 11.6. The Morgan fingerprint density at radius 3 is 2.69 bits per heavy atom. The molecular formula is C11H16N3OPd-. The molecule has 0 aliphatic carbocycles. The third-order valence-corrected chi connectivity index (χ3v) is 1.97. The molecule has 2 N–H and O–H groups in total. The summed E-state index contributed by atoms with van der Waals surface area (Å²) in [4.78, 5) is 13.6. The minimum absolute atomic E-state index is 0. The van der Waals surface area contributed by atoms with Crippen LogP contribution in [0, 0.1) is 0 Å². The van der Waals surface area contributed by atoms with Crippen LogP contribution in [0.2, 0.25) is 0 Å². The Morgan fingerprint density at radius 1 is 1.44 bits per heavy atom. The minimum Gasteiger partial charge on any atom is -0.699 e. The van der Waals surface area contributed by atoms with Gasteiger partial charge in [-0.15, -0.1) is 5.69 Å². The van der Waals surface area contributed by atoms with Gasteiger partial charge >= 0.3 is 0 Å². The Balaban J connectivity index is 0.00000225. The maximum Gasteiger partial charge on any atom is 0.251 e. The van der Waals surface area contributed by atoms with Crippen molar-refractivity contribution in [2.45, 2.75) is 0 Å². The van der Waals surface area contributed by atoms with E-state index >= 15 is 0 Å². The van der Waals surface area contributed by atoms with E-state index in [0.29, 0.717) is 17.8 Å². The van der Waals surface area contributed by atoms with Gasteiger partial charge in [-0.2, -0.15) is 0 Å². The van der Waals surface area contributed by atoms with Gasteiger partial charge in [-0.25, -0.2) is 0 Å². The summed E-state index contributed by atoms with van der Waals surface area (Å²) in [5.41, 5.74) is 8.29. The minimum atomic E-state index is -0.119. The first kappa shape index (κ1) is 15.1. The maximum absolute atomic E-state index is 11.6. The van der Waals surface area contributed by atoms with Gasteiger partial charge in [0.25, 0.3) is 5.91 Å². The number of carbonyl (C=O) groups excluding carboxylic acids is 1. The second-order valence-corrected chi connectivity index (χ2v) is 3.64.